The van der Waals surface area contributed by atoms with E-state index in [1.54, 1.807) is 19.1 Å². The van der Waals surface area contributed by atoms with Crippen LogP contribution in [0.25, 0.3) is 11.0 Å². The van der Waals surface area contributed by atoms with Gasteiger partial charge in [-0.05, 0) is 25.1 Å². The number of hydrogen-bond donors (Lipinski definition) is 1. The van der Waals surface area contributed by atoms with Gasteiger partial charge in [0.05, 0.1) is 45.0 Å². The molecule has 31 heavy (non-hydrogen) atoms. The summed E-state index contributed by atoms with van der Waals surface area (Å²) in [5.74, 6) is -0.598. The summed E-state index contributed by atoms with van der Waals surface area (Å²) >= 11 is 0. The van der Waals surface area contributed by atoms with Crippen LogP contribution in [0.4, 0.5) is 5.95 Å². The highest BCUT2D eigenvalue weighted by molar-refractivity contribution is 6.07. The summed E-state index contributed by atoms with van der Waals surface area (Å²) < 4.78 is 23.5. The van der Waals surface area contributed by atoms with E-state index in [4.69, 9.17) is 18.9 Å². The molecule has 0 saturated carbocycles. The third-order valence-electron chi connectivity index (χ3n) is 5.30. The molecule has 2 atom stereocenters. The smallest absolute Gasteiger partial charge is 0.321 e. The summed E-state index contributed by atoms with van der Waals surface area (Å²) in [4.78, 5) is 30.5. The van der Waals surface area contributed by atoms with Crippen molar-refractivity contribution in [1.29, 1.82) is 0 Å². The molecule has 0 aliphatic carbocycles. The lowest BCUT2D eigenvalue weighted by Crippen LogP contribution is -2.43. The molecule has 0 unspecified atom stereocenters. The number of hydrogen-bond acceptors (Lipinski definition) is 7. The van der Waals surface area contributed by atoms with E-state index in [1.165, 1.54) is 21.3 Å². The van der Waals surface area contributed by atoms with Gasteiger partial charge in [0.1, 0.15) is 5.75 Å². The van der Waals surface area contributed by atoms with Crippen molar-refractivity contribution < 1.29 is 28.5 Å². The zero-order valence-electron chi connectivity index (χ0n) is 17.7. The molecule has 0 bridgehead atoms. The monoisotopic (exact) mass is 425 g/mol. The van der Waals surface area contributed by atoms with Crippen LogP contribution in [0, 0.1) is 5.92 Å². The zero-order chi connectivity index (χ0) is 22.1. The summed E-state index contributed by atoms with van der Waals surface area (Å²) in [6, 6.07) is 10.1. The van der Waals surface area contributed by atoms with Crippen molar-refractivity contribution in [2.24, 2.45) is 5.92 Å². The Hall–Kier alpha value is -3.75. The molecule has 9 nitrogen and oxygen atoms in total. The average Bonchev–Trinajstić information content (AvgIpc) is 3.15. The van der Waals surface area contributed by atoms with Gasteiger partial charge >= 0.3 is 5.97 Å². The summed E-state index contributed by atoms with van der Waals surface area (Å²) in [6.45, 7) is 1.85. The van der Waals surface area contributed by atoms with E-state index >= 15 is 0 Å². The summed E-state index contributed by atoms with van der Waals surface area (Å²) in [6.07, 6.45) is 0. The van der Waals surface area contributed by atoms with Gasteiger partial charge < -0.3 is 23.5 Å². The molecule has 162 valence electrons. The zero-order valence-corrected chi connectivity index (χ0v) is 17.7. The van der Waals surface area contributed by atoms with Gasteiger partial charge in [0.2, 0.25) is 11.9 Å². The lowest BCUT2D eigenvalue weighted by atomic mass is 9.89. The van der Waals surface area contributed by atoms with Crippen molar-refractivity contribution in [1.82, 2.24) is 9.55 Å². The van der Waals surface area contributed by atoms with Gasteiger partial charge in [0.25, 0.3) is 0 Å². The fourth-order valence-corrected chi connectivity index (χ4v) is 3.97. The lowest BCUT2D eigenvalue weighted by molar-refractivity contribution is -0.152. The molecule has 4 rings (SSSR count). The normalized spacial score (nSPS) is 17.6. The number of fused-ring (bicyclic) bond motifs is 3. The Balaban J connectivity index is 2.02. The van der Waals surface area contributed by atoms with Crippen LogP contribution in [-0.2, 0) is 14.3 Å². The Morgan fingerprint density at radius 1 is 1.06 bits per heavy atom. The third kappa shape index (κ3) is 3.31. The van der Waals surface area contributed by atoms with Crippen molar-refractivity contribution >= 4 is 28.9 Å². The van der Waals surface area contributed by atoms with Crippen LogP contribution in [0.3, 0.4) is 0 Å². The number of nitrogens with zero attached hydrogens (tertiary/aromatic N) is 2. The van der Waals surface area contributed by atoms with Gasteiger partial charge in [-0.15, -0.1) is 0 Å². The summed E-state index contributed by atoms with van der Waals surface area (Å²) in [5, 5.41) is 2.74. The standard InChI is InChI=1S/C22H23N3O6/c1-5-31-21(27)18-19(12-10-16(29-3)17(30-4)11-15(12)28-2)25-14-9-7-6-8-13(14)23-22(25)24-20(18)26/h6-11,18-19H,5H2,1-4H3,(H,23,24,26)/t18-,19-/m1/s1. The van der Waals surface area contributed by atoms with E-state index in [2.05, 4.69) is 10.3 Å². The molecule has 0 saturated heterocycles. The topological polar surface area (TPSA) is 101 Å². The van der Waals surface area contributed by atoms with Gasteiger partial charge in [0.15, 0.2) is 17.4 Å². The molecule has 0 radical (unpaired) electrons. The Morgan fingerprint density at radius 3 is 2.42 bits per heavy atom. The molecule has 0 fully saturated rings. The molecular weight excluding hydrogens is 402 g/mol. The van der Waals surface area contributed by atoms with Crippen molar-refractivity contribution in [3.8, 4) is 17.2 Å². The predicted molar refractivity (Wildman–Crippen MR) is 113 cm³/mol. The van der Waals surface area contributed by atoms with Gasteiger partial charge in [-0.1, -0.05) is 12.1 Å². The second-order valence-electron chi connectivity index (χ2n) is 6.91. The molecule has 1 aliphatic rings. The quantitative estimate of drug-likeness (QED) is 0.479. The fraction of sp³-hybridized carbons (Fsp3) is 0.318. The maximum Gasteiger partial charge on any atom is 0.321 e. The molecule has 1 aliphatic heterocycles. The number of methoxy groups -OCH3 is 3. The highest BCUT2D eigenvalue weighted by atomic mass is 16.5. The minimum Gasteiger partial charge on any atom is -0.496 e. The molecular formula is C22H23N3O6. The maximum absolute atomic E-state index is 13.0. The molecule has 2 heterocycles. The van der Waals surface area contributed by atoms with Crippen molar-refractivity contribution in [2.45, 2.75) is 13.0 Å². The molecule has 0 spiro atoms. The number of nitrogens with one attached hydrogen (secondary N) is 1. The number of carbonyl (C=O) groups excluding carboxylic acids is 2. The molecule has 2 aromatic carbocycles. The number of para-hydroxylation sites is 2. The second-order valence-corrected chi connectivity index (χ2v) is 6.91. The number of aromatic nitrogens is 2. The van der Waals surface area contributed by atoms with E-state index in [1.807, 2.05) is 28.8 Å². The van der Waals surface area contributed by atoms with Crippen LogP contribution in [-0.4, -0.2) is 49.4 Å². The number of benzene rings is 2. The maximum atomic E-state index is 13.0. The van der Waals surface area contributed by atoms with Crippen molar-refractivity contribution in [2.75, 3.05) is 33.3 Å². The Bertz CT molecular complexity index is 1160. The number of anilines is 1. The second kappa shape index (κ2) is 8.17. The number of imidazole rings is 1. The Morgan fingerprint density at radius 2 is 1.74 bits per heavy atom. The van der Waals surface area contributed by atoms with Crippen LogP contribution in [0.2, 0.25) is 0 Å². The minimum absolute atomic E-state index is 0.149. The molecule has 1 amide bonds. The van der Waals surface area contributed by atoms with Crippen LogP contribution in [0.15, 0.2) is 36.4 Å². The number of esters is 1. The molecule has 1 N–H and O–H groups in total. The van der Waals surface area contributed by atoms with Gasteiger partial charge in [-0.25, -0.2) is 4.98 Å². The van der Waals surface area contributed by atoms with Crippen LogP contribution < -0.4 is 19.5 Å². The number of carbonyl (C=O) groups is 2. The van der Waals surface area contributed by atoms with Crippen LogP contribution in [0.1, 0.15) is 18.5 Å². The largest absolute Gasteiger partial charge is 0.496 e. The highest BCUT2D eigenvalue weighted by Crippen LogP contribution is 2.45. The van der Waals surface area contributed by atoms with Crippen molar-refractivity contribution in [3.63, 3.8) is 0 Å². The van der Waals surface area contributed by atoms with Gasteiger partial charge in [0, 0.05) is 11.6 Å². The van der Waals surface area contributed by atoms with Crippen LogP contribution in [0.5, 0.6) is 17.2 Å². The third-order valence-corrected chi connectivity index (χ3v) is 5.30. The lowest BCUT2D eigenvalue weighted by Gasteiger charge is -2.33. The van der Waals surface area contributed by atoms with Crippen LogP contribution >= 0.6 is 0 Å². The van der Waals surface area contributed by atoms with Gasteiger partial charge in [-0.3, -0.25) is 14.9 Å². The molecule has 3 aromatic rings. The minimum atomic E-state index is -1.16. The average molecular weight is 425 g/mol. The first kappa shape index (κ1) is 20.5. The van der Waals surface area contributed by atoms with E-state index < -0.39 is 23.8 Å². The van der Waals surface area contributed by atoms with E-state index in [0.29, 0.717) is 34.3 Å². The summed E-state index contributed by atoms with van der Waals surface area (Å²) in [5.41, 5.74) is 2.01. The van der Waals surface area contributed by atoms with E-state index in [-0.39, 0.29) is 6.61 Å². The van der Waals surface area contributed by atoms with E-state index in [0.717, 1.165) is 5.52 Å². The SMILES string of the molecule is CCOC(=O)[C@H]1C(=O)Nc2nc3ccccc3n2[C@@H]1c1cc(OC)c(OC)cc1OC. The predicted octanol–water partition coefficient (Wildman–Crippen LogP) is 2.78. The number of amides is 1. The number of ether oxygens (including phenoxy) is 4. The van der Waals surface area contributed by atoms with Crippen molar-refractivity contribution in [3.05, 3.63) is 42.0 Å². The first-order chi connectivity index (χ1) is 15.0. The van der Waals surface area contributed by atoms with Gasteiger partial charge in [-0.2, -0.15) is 0 Å². The molecule has 9 heteroatoms. The first-order valence-electron chi connectivity index (χ1n) is 9.78. The summed E-state index contributed by atoms with van der Waals surface area (Å²) in [7, 11) is 4.55. The number of rotatable bonds is 6. The van der Waals surface area contributed by atoms with E-state index in [9.17, 15) is 9.59 Å². The fourth-order valence-electron chi connectivity index (χ4n) is 3.97. The highest BCUT2D eigenvalue weighted by Gasteiger charge is 2.45. The Kier molecular flexibility index (Phi) is 5.41. The molecule has 1 aromatic heterocycles. The Labute approximate surface area is 178 Å². The first-order valence-corrected chi connectivity index (χ1v) is 9.78.